The van der Waals surface area contributed by atoms with Crippen molar-refractivity contribution in [2.24, 2.45) is 0 Å². The summed E-state index contributed by atoms with van der Waals surface area (Å²) in [6.07, 6.45) is 0. The van der Waals surface area contributed by atoms with E-state index in [1.54, 1.807) is 0 Å². The molecule has 96 valence electrons. The fourth-order valence-electron chi connectivity index (χ4n) is 0.538. The zero-order valence-corrected chi connectivity index (χ0v) is 9.83. The monoisotopic (exact) mass is 286 g/mol. The number of hydrogen-bond donors (Lipinski definition) is 3. The maximum Gasteiger partial charge on any atom is 0.465 e. The number of hydrogen-bond acceptors (Lipinski definition) is 4. The Kier molecular flexibility index (Phi) is 5.52. The van der Waals surface area contributed by atoms with E-state index < -0.39 is 21.3 Å². The fraction of sp³-hybridized carbons (Fsp3) is 0.125. The van der Waals surface area contributed by atoms with Crippen molar-refractivity contribution in [2.45, 2.75) is 10.2 Å². The minimum Gasteiger partial charge on any atom is -0.476 e. The first-order chi connectivity index (χ1) is 7.59. The second-order valence-electron chi connectivity index (χ2n) is 2.63. The van der Waals surface area contributed by atoms with Crippen molar-refractivity contribution in [3.63, 3.8) is 0 Å². The van der Waals surface area contributed by atoms with Gasteiger partial charge >= 0.3 is 21.3 Å². The first-order valence-corrected chi connectivity index (χ1v) is 5.80. The normalized spacial score (nSPS) is 11.3. The van der Waals surface area contributed by atoms with E-state index in [2.05, 4.69) is 12.6 Å². The predicted molar refractivity (Wildman–Crippen MR) is 57.8 cm³/mol. The van der Waals surface area contributed by atoms with Crippen LogP contribution in [0, 0.1) is 0 Å². The van der Waals surface area contributed by atoms with Crippen LogP contribution >= 0.6 is 12.6 Å². The van der Waals surface area contributed by atoms with E-state index in [1.807, 2.05) is 30.3 Å². The molecule has 1 rings (SSSR count). The molecule has 0 aromatic heterocycles. The van der Waals surface area contributed by atoms with Crippen molar-refractivity contribution in [3.05, 3.63) is 30.3 Å². The van der Waals surface area contributed by atoms with Crippen molar-refractivity contribution in [1.82, 2.24) is 0 Å². The number of aliphatic carboxylic acids is 1. The summed E-state index contributed by atoms with van der Waals surface area (Å²) in [6, 6.07) is 9.79. The van der Waals surface area contributed by atoms with Crippen LogP contribution in [-0.4, -0.2) is 29.3 Å². The summed E-state index contributed by atoms with van der Waals surface area (Å²) in [5, 5.41) is 2.37. The fourth-order valence-corrected chi connectivity index (χ4v) is 0.931. The Hall–Kier alpha value is -1.19. The van der Waals surface area contributed by atoms with Gasteiger partial charge in [0.15, 0.2) is 0 Å². The van der Waals surface area contributed by atoms with Gasteiger partial charge in [-0.3, -0.25) is 4.55 Å². The number of alkyl halides is 2. The Balaban J connectivity index is 0.000000318. The molecule has 1 aromatic carbocycles. The number of carboxylic acid groups (broad SMARTS) is 1. The van der Waals surface area contributed by atoms with Gasteiger partial charge in [0, 0.05) is 4.90 Å². The molecule has 5 nitrogen and oxygen atoms in total. The maximum absolute atomic E-state index is 11.6. The Morgan fingerprint density at radius 2 is 1.65 bits per heavy atom. The van der Waals surface area contributed by atoms with Gasteiger partial charge in [0.25, 0.3) is 0 Å². The third-order valence-corrected chi connectivity index (χ3v) is 2.45. The van der Waals surface area contributed by atoms with Crippen LogP contribution in [-0.2, 0) is 14.9 Å². The van der Waals surface area contributed by atoms with Crippen LogP contribution in [0.1, 0.15) is 0 Å². The third kappa shape index (κ3) is 5.11. The van der Waals surface area contributed by atoms with Gasteiger partial charge < -0.3 is 5.11 Å². The topological polar surface area (TPSA) is 91.7 Å². The van der Waals surface area contributed by atoms with Crippen LogP contribution in [0.3, 0.4) is 0 Å². The quantitative estimate of drug-likeness (QED) is 0.566. The highest BCUT2D eigenvalue weighted by Crippen LogP contribution is 2.19. The van der Waals surface area contributed by atoms with Gasteiger partial charge in [-0.1, -0.05) is 18.2 Å². The molecule has 0 aliphatic heterocycles. The largest absolute Gasteiger partial charge is 0.476 e. The van der Waals surface area contributed by atoms with Crippen molar-refractivity contribution in [2.75, 3.05) is 0 Å². The van der Waals surface area contributed by atoms with Crippen LogP contribution in [0.2, 0.25) is 0 Å². The van der Waals surface area contributed by atoms with Gasteiger partial charge in [-0.25, -0.2) is 4.79 Å². The first-order valence-electron chi connectivity index (χ1n) is 3.91. The van der Waals surface area contributed by atoms with Crippen LogP contribution in [0.15, 0.2) is 35.2 Å². The SMILES string of the molecule is O=C(O)C(F)(F)S(=O)(=O)O.Sc1ccccc1. The molecule has 0 bridgehead atoms. The van der Waals surface area contributed by atoms with E-state index in [0.717, 1.165) is 4.90 Å². The summed E-state index contributed by atoms with van der Waals surface area (Å²) in [4.78, 5) is 10.4. The molecule has 0 heterocycles. The second-order valence-corrected chi connectivity index (χ2v) is 4.61. The summed E-state index contributed by atoms with van der Waals surface area (Å²) in [7, 11) is -5.83. The molecule has 0 saturated heterocycles. The van der Waals surface area contributed by atoms with Gasteiger partial charge in [0.05, 0.1) is 0 Å². The molecule has 0 saturated carbocycles. The molecule has 0 amide bonds. The zero-order valence-electron chi connectivity index (χ0n) is 8.12. The Morgan fingerprint density at radius 3 is 1.76 bits per heavy atom. The van der Waals surface area contributed by atoms with Gasteiger partial charge in [0.1, 0.15) is 0 Å². The molecule has 0 aliphatic carbocycles. The van der Waals surface area contributed by atoms with Crippen LogP contribution in [0.4, 0.5) is 8.78 Å². The second kappa shape index (κ2) is 5.94. The molecule has 0 fully saturated rings. The van der Waals surface area contributed by atoms with Crippen molar-refractivity contribution < 1.29 is 31.7 Å². The van der Waals surface area contributed by atoms with E-state index in [-0.39, 0.29) is 0 Å². The maximum atomic E-state index is 11.6. The van der Waals surface area contributed by atoms with Crippen LogP contribution < -0.4 is 0 Å². The molecule has 0 spiro atoms. The van der Waals surface area contributed by atoms with E-state index in [4.69, 9.17) is 9.66 Å². The molecular formula is C8H8F2O5S2. The molecule has 0 atom stereocenters. The number of carboxylic acids is 1. The predicted octanol–water partition coefficient (Wildman–Crippen LogP) is 1.53. The van der Waals surface area contributed by atoms with Gasteiger partial charge in [-0.2, -0.15) is 17.2 Å². The molecule has 0 unspecified atom stereocenters. The minimum atomic E-state index is -5.83. The summed E-state index contributed by atoms with van der Waals surface area (Å²) >= 11 is 4.08. The smallest absolute Gasteiger partial charge is 0.465 e. The van der Waals surface area contributed by atoms with E-state index in [1.165, 1.54) is 0 Å². The van der Waals surface area contributed by atoms with Crippen molar-refractivity contribution in [3.8, 4) is 0 Å². The molecule has 9 heteroatoms. The lowest BCUT2D eigenvalue weighted by Gasteiger charge is -2.04. The molecule has 0 radical (unpaired) electrons. The minimum absolute atomic E-state index is 1.02. The van der Waals surface area contributed by atoms with Crippen molar-refractivity contribution >= 4 is 28.7 Å². The highest BCUT2D eigenvalue weighted by Gasteiger charge is 2.52. The molecule has 17 heavy (non-hydrogen) atoms. The van der Waals surface area contributed by atoms with Gasteiger partial charge in [-0.15, -0.1) is 12.6 Å². The Bertz CT molecular complexity index is 472. The number of halogens is 2. The molecule has 1 aromatic rings. The lowest BCUT2D eigenvalue weighted by Crippen LogP contribution is -2.36. The Labute approximate surface area is 101 Å². The lowest BCUT2D eigenvalue weighted by molar-refractivity contribution is -0.154. The average Bonchev–Trinajstić information content (AvgIpc) is 2.17. The lowest BCUT2D eigenvalue weighted by atomic mass is 10.4. The van der Waals surface area contributed by atoms with Gasteiger partial charge in [0.2, 0.25) is 0 Å². The number of carbonyl (C=O) groups is 1. The van der Waals surface area contributed by atoms with Gasteiger partial charge in [-0.05, 0) is 12.1 Å². The summed E-state index contributed by atoms with van der Waals surface area (Å²) < 4.78 is 49.8. The summed E-state index contributed by atoms with van der Waals surface area (Å²) in [6.45, 7) is 0. The number of benzene rings is 1. The number of rotatable bonds is 2. The standard InChI is InChI=1S/C6H6S.C2H2F2O5S/c7-6-4-2-1-3-5-6;3-2(4,1(5)6)10(7,8)9/h1-5,7H;(H,5,6)(H,7,8,9). The zero-order chi connectivity index (χ0) is 13.7. The molecule has 2 N–H and O–H groups in total. The van der Waals surface area contributed by atoms with E-state index in [0.29, 0.717) is 0 Å². The summed E-state index contributed by atoms with van der Waals surface area (Å²) in [5.74, 6) is -2.91. The van der Waals surface area contributed by atoms with E-state index in [9.17, 15) is 22.0 Å². The highest BCUT2D eigenvalue weighted by molar-refractivity contribution is 7.87. The number of thiol groups is 1. The molecular weight excluding hydrogens is 278 g/mol. The third-order valence-electron chi connectivity index (χ3n) is 1.33. The van der Waals surface area contributed by atoms with E-state index >= 15 is 0 Å². The average molecular weight is 286 g/mol. The Morgan fingerprint density at radius 1 is 1.24 bits per heavy atom. The van der Waals surface area contributed by atoms with Crippen LogP contribution in [0.5, 0.6) is 0 Å². The first kappa shape index (κ1) is 15.8. The van der Waals surface area contributed by atoms with Crippen LogP contribution in [0.25, 0.3) is 0 Å². The van der Waals surface area contributed by atoms with Crippen molar-refractivity contribution in [1.29, 1.82) is 0 Å². The molecule has 0 aliphatic rings. The summed E-state index contributed by atoms with van der Waals surface area (Å²) in [5.41, 5.74) is 0. The highest BCUT2D eigenvalue weighted by atomic mass is 32.2.